The molecule has 0 atom stereocenters. The lowest BCUT2D eigenvalue weighted by Crippen LogP contribution is -2.35. The minimum Gasteiger partial charge on any atom is -0.497 e. The van der Waals surface area contributed by atoms with Gasteiger partial charge in [0.05, 0.1) is 19.1 Å². The maximum atomic E-state index is 12.3. The summed E-state index contributed by atoms with van der Waals surface area (Å²) in [5.41, 5.74) is 1.44. The van der Waals surface area contributed by atoms with Gasteiger partial charge in [0.15, 0.2) is 5.78 Å². The molecule has 3 rings (SSSR count). The van der Waals surface area contributed by atoms with Gasteiger partial charge in [0.2, 0.25) is 5.91 Å². The van der Waals surface area contributed by atoms with Gasteiger partial charge in [0.1, 0.15) is 17.1 Å². The van der Waals surface area contributed by atoms with Gasteiger partial charge in [-0.05, 0) is 55.8 Å². The van der Waals surface area contributed by atoms with E-state index in [1.165, 1.54) is 6.08 Å². The number of hydrogen-bond donors (Lipinski definition) is 1. The number of ether oxygens (including phenoxy) is 2. The molecule has 0 aromatic heterocycles. The number of nitrogens with one attached hydrogen (secondary N) is 1. The fourth-order valence-electron chi connectivity index (χ4n) is 2.80. The Balaban J connectivity index is 1.69. The average Bonchev–Trinajstić information content (AvgIpc) is 2.60. The molecule has 5 heteroatoms. The molecule has 2 aromatic rings. The van der Waals surface area contributed by atoms with Gasteiger partial charge in [-0.25, -0.2) is 0 Å². The van der Waals surface area contributed by atoms with E-state index in [4.69, 9.17) is 9.47 Å². The molecule has 1 amide bonds. The molecule has 0 spiro atoms. The predicted octanol–water partition coefficient (Wildman–Crippen LogP) is 4.09. The van der Waals surface area contributed by atoms with Crippen molar-refractivity contribution < 1.29 is 19.1 Å². The van der Waals surface area contributed by atoms with Gasteiger partial charge < -0.3 is 14.8 Å². The Hall–Kier alpha value is -3.08. The van der Waals surface area contributed by atoms with Crippen LogP contribution in [0.4, 0.5) is 5.69 Å². The van der Waals surface area contributed by atoms with Gasteiger partial charge in [-0.3, -0.25) is 9.59 Å². The van der Waals surface area contributed by atoms with E-state index in [-0.39, 0.29) is 11.7 Å². The average molecular weight is 351 g/mol. The van der Waals surface area contributed by atoms with E-state index in [0.717, 1.165) is 11.3 Å². The van der Waals surface area contributed by atoms with E-state index in [0.29, 0.717) is 23.4 Å². The largest absolute Gasteiger partial charge is 0.497 e. The molecule has 1 aliphatic heterocycles. The minimum absolute atomic E-state index is 0.0149. The topological polar surface area (TPSA) is 64.6 Å². The van der Waals surface area contributed by atoms with Crippen molar-refractivity contribution in [1.82, 2.24) is 0 Å². The van der Waals surface area contributed by atoms with Gasteiger partial charge in [0, 0.05) is 11.8 Å². The smallest absolute Gasteiger partial charge is 0.248 e. The van der Waals surface area contributed by atoms with Gasteiger partial charge in [-0.15, -0.1) is 0 Å². The Kier molecular flexibility index (Phi) is 4.80. The van der Waals surface area contributed by atoms with Crippen LogP contribution in [0.25, 0.3) is 6.08 Å². The monoisotopic (exact) mass is 351 g/mol. The molecule has 0 saturated heterocycles. The molecule has 0 saturated carbocycles. The molecule has 26 heavy (non-hydrogen) atoms. The Morgan fingerprint density at radius 1 is 1.19 bits per heavy atom. The lowest BCUT2D eigenvalue weighted by molar-refractivity contribution is -0.111. The summed E-state index contributed by atoms with van der Waals surface area (Å²) < 4.78 is 10.9. The van der Waals surface area contributed by atoms with E-state index >= 15 is 0 Å². The first-order valence-electron chi connectivity index (χ1n) is 8.36. The van der Waals surface area contributed by atoms with Crippen molar-refractivity contribution in [2.24, 2.45) is 0 Å². The summed E-state index contributed by atoms with van der Waals surface area (Å²) in [5.74, 6) is 1.06. The molecular weight excluding hydrogens is 330 g/mol. The number of carbonyl (C=O) groups is 2. The normalized spacial score (nSPS) is 15.3. The molecule has 134 valence electrons. The SMILES string of the molecule is COc1ccc(/C=C/C(=O)Nc2ccc3c(c2)C(=O)CC(C)(C)O3)cc1. The van der Waals surface area contributed by atoms with Crippen molar-refractivity contribution in [2.45, 2.75) is 25.9 Å². The Labute approximate surface area is 152 Å². The van der Waals surface area contributed by atoms with Crippen LogP contribution in [0.5, 0.6) is 11.5 Å². The van der Waals surface area contributed by atoms with E-state index in [1.807, 2.05) is 38.1 Å². The molecule has 0 unspecified atom stereocenters. The van der Waals surface area contributed by atoms with E-state index in [9.17, 15) is 9.59 Å². The third-order valence-electron chi connectivity index (χ3n) is 4.06. The first-order chi connectivity index (χ1) is 12.4. The highest BCUT2D eigenvalue weighted by atomic mass is 16.5. The van der Waals surface area contributed by atoms with Crippen LogP contribution in [-0.4, -0.2) is 24.4 Å². The number of anilines is 1. The van der Waals surface area contributed by atoms with Crippen LogP contribution in [0.15, 0.2) is 48.5 Å². The highest BCUT2D eigenvalue weighted by Crippen LogP contribution is 2.34. The molecule has 1 heterocycles. The van der Waals surface area contributed by atoms with Gasteiger partial charge in [-0.2, -0.15) is 0 Å². The molecule has 0 fully saturated rings. The fourth-order valence-corrected chi connectivity index (χ4v) is 2.80. The molecule has 5 nitrogen and oxygen atoms in total. The summed E-state index contributed by atoms with van der Waals surface area (Å²) >= 11 is 0. The Morgan fingerprint density at radius 2 is 1.92 bits per heavy atom. The Bertz CT molecular complexity index is 866. The van der Waals surface area contributed by atoms with Crippen molar-refractivity contribution >= 4 is 23.5 Å². The second-order valence-corrected chi connectivity index (χ2v) is 6.77. The minimum atomic E-state index is -0.504. The van der Waals surface area contributed by atoms with Crippen molar-refractivity contribution in [3.8, 4) is 11.5 Å². The zero-order chi connectivity index (χ0) is 18.7. The molecule has 1 N–H and O–H groups in total. The van der Waals surface area contributed by atoms with E-state index in [1.54, 1.807) is 31.4 Å². The van der Waals surface area contributed by atoms with Crippen LogP contribution < -0.4 is 14.8 Å². The zero-order valence-corrected chi connectivity index (χ0v) is 15.0. The predicted molar refractivity (Wildman–Crippen MR) is 101 cm³/mol. The maximum absolute atomic E-state index is 12.3. The number of fused-ring (bicyclic) bond motifs is 1. The van der Waals surface area contributed by atoms with Crippen LogP contribution in [0.2, 0.25) is 0 Å². The van der Waals surface area contributed by atoms with Crippen LogP contribution in [0.3, 0.4) is 0 Å². The molecule has 2 aromatic carbocycles. The highest BCUT2D eigenvalue weighted by molar-refractivity contribution is 6.04. The summed E-state index contributed by atoms with van der Waals surface area (Å²) in [4.78, 5) is 24.4. The fraction of sp³-hybridized carbons (Fsp3) is 0.238. The number of Topliss-reactive ketones (excluding diaryl/α,β-unsaturated/α-hetero) is 1. The third-order valence-corrected chi connectivity index (χ3v) is 4.06. The summed E-state index contributed by atoms with van der Waals surface area (Å²) in [7, 11) is 1.60. The van der Waals surface area contributed by atoms with Gasteiger partial charge >= 0.3 is 0 Å². The van der Waals surface area contributed by atoms with E-state index < -0.39 is 5.60 Å². The standard InChI is InChI=1S/C21H21NO4/c1-21(2)13-18(23)17-12-15(7-10-19(17)26-21)22-20(24)11-6-14-4-8-16(25-3)9-5-14/h4-12H,13H2,1-3H3,(H,22,24)/b11-6+. The second-order valence-electron chi connectivity index (χ2n) is 6.77. The number of benzene rings is 2. The van der Waals surface area contributed by atoms with E-state index in [2.05, 4.69) is 5.32 Å². The summed E-state index contributed by atoms with van der Waals surface area (Å²) in [6.45, 7) is 3.76. The van der Waals surface area contributed by atoms with Gasteiger partial charge in [0.25, 0.3) is 0 Å². The van der Waals surface area contributed by atoms with Crippen LogP contribution in [-0.2, 0) is 4.79 Å². The molecule has 0 radical (unpaired) electrons. The molecule has 1 aliphatic rings. The van der Waals surface area contributed by atoms with Crippen molar-refractivity contribution in [3.63, 3.8) is 0 Å². The van der Waals surface area contributed by atoms with Crippen molar-refractivity contribution in [2.75, 3.05) is 12.4 Å². The maximum Gasteiger partial charge on any atom is 0.248 e. The summed E-state index contributed by atoms with van der Waals surface area (Å²) in [5, 5.41) is 2.77. The molecule has 0 aliphatic carbocycles. The zero-order valence-electron chi connectivity index (χ0n) is 15.0. The second kappa shape index (κ2) is 7.04. The number of rotatable bonds is 4. The number of methoxy groups -OCH3 is 1. The molecule has 0 bridgehead atoms. The number of hydrogen-bond acceptors (Lipinski definition) is 4. The number of amides is 1. The quantitative estimate of drug-likeness (QED) is 0.843. The van der Waals surface area contributed by atoms with Gasteiger partial charge in [-0.1, -0.05) is 12.1 Å². The first-order valence-corrected chi connectivity index (χ1v) is 8.36. The van der Waals surface area contributed by atoms with Crippen molar-refractivity contribution in [1.29, 1.82) is 0 Å². The highest BCUT2D eigenvalue weighted by Gasteiger charge is 2.32. The van der Waals surface area contributed by atoms with Crippen LogP contribution in [0, 0.1) is 0 Å². The first kappa shape index (κ1) is 17.7. The lowest BCUT2D eigenvalue weighted by atomic mass is 9.93. The van der Waals surface area contributed by atoms with Crippen LogP contribution in [0.1, 0.15) is 36.2 Å². The molecular formula is C21H21NO4. The Morgan fingerprint density at radius 3 is 2.62 bits per heavy atom. The van der Waals surface area contributed by atoms with Crippen LogP contribution >= 0.6 is 0 Å². The van der Waals surface area contributed by atoms with Crippen molar-refractivity contribution in [3.05, 3.63) is 59.7 Å². The summed E-state index contributed by atoms with van der Waals surface area (Å²) in [6, 6.07) is 12.5. The lowest BCUT2D eigenvalue weighted by Gasteiger charge is -2.31. The summed E-state index contributed by atoms with van der Waals surface area (Å²) in [6.07, 6.45) is 3.47. The number of carbonyl (C=O) groups excluding carboxylic acids is 2. The number of ketones is 1. The third kappa shape index (κ3) is 4.11.